The second-order valence-corrected chi connectivity index (χ2v) is 5.17. The molecule has 2 rings (SSSR count). The van der Waals surface area contributed by atoms with Gasteiger partial charge in [0.1, 0.15) is 5.58 Å². The molecule has 1 aromatic heterocycles. The average molecular weight is 330 g/mol. The van der Waals surface area contributed by atoms with Crippen LogP contribution in [-0.4, -0.2) is 37.4 Å². The summed E-state index contributed by atoms with van der Waals surface area (Å²) in [6.45, 7) is 3.50. The number of furan rings is 1. The van der Waals surface area contributed by atoms with Crippen LogP contribution in [0.25, 0.3) is 11.0 Å². The van der Waals surface area contributed by atoms with Crippen molar-refractivity contribution in [3.05, 3.63) is 30.0 Å². The zero-order valence-corrected chi connectivity index (χ0v) is 13.3. The van der Waals surface area contributed by atoms with Gasteiger partial charge in [-0.1, -0.05) is 0 Å². The van der Waals surface area contributed by atoms with E-state index in [0.29, 0.717) is 37.0 Å². The minimum atomic E-state index is -0.450. The van der Waals surface area contributed by atoms with Crippen LogP contribution in [0.1, 0.15) is 17.5 Å². The molecule has 6 heteroatoms. The first-order valence-corrected chi connectivity index (χ1v) is 7.84. The Morgan fingerprint density at radius 2 is 1.95 bits per heavy atom. The van der Waals surface area contributed by atoms with Gasteiger partial charge in [-0.15, -0.1) is 23.2 Å². The van der Waals surface area contributed by atoms with Crippen molar-refractivity contribution >= 4 is 45.8 Å². The van der Waals surface area contributed by atoms with Crippen LogP contribution in [-0.2, 0) is 4.74 Å². The fourth-order valence-electron chi connectivity index (χ4n) is 2.10. The molecule has 0 fully saturated rings. The standard InChI is InChI=1S/C15H17Cl2NO3/c1-2-20-15(19)14-10-11-9-12(3-4-13(11)21-14)18(7-5-16)8-6-17/h3-4,9-10H,2,5-8H2,1H3. The maximum absolute atomic E-state index is 11.7. The fraction of sp³-hybridized carbons (Fsp3) is 0.400. The van der Waals surface area contributed by atoms with E-state index in [9.17, 15) is 4.79 Å². The molecule has 0 radical (unpaired) electrons. The molecule has 0 spiro atoms. The van der Waals surface area contributed by atoms with Gasteiger partial charge in [0.05, 0.1) is 6.61 Å². The number of carbonyl (C=O) groups excluding carboxylic acids is 1. The minimum Gasteiger partial charge on any atom is -0.460 e. The Morgan fingerprint density at radius 1 is 1.24 bits per heavy atom. The number of nitrogens with zero attached hydrogens (tertiary/aromatic N) is 1. The van der Waals surface area contributed by atoms with E-state index in [1.54, 1.807) is 13.0 Å². The molecule has 0 amide bonds. The van der Waals surface area contributed by atoms with Gasteiger partial charge in [-0.3, -0.25) is 0 Å². The van der Waals surface area contributed by atoms with E-state index in [1.807, 2.05) is 18.2 Å². The smallest absolute Gasteiger partial charge is 0.374 e. The lowest BCUT2D eigenvalue weighted by atomic mass is 10.2. The van der Waals surface area contributed by atoms with Crippen LogP contribution in [0.15, 0.2) is 28.7 Å². The topological polar surface area (TPSA) is 42.7 Å². The number of hydrogen-bond donors (Lipinski definition) is 0. The number of alkyl halides is 2. The predicted molar refractivity (Wildman–Crippen MR) is 85.8 cm³/mol. The highest BCUT2D eigenvalue weighted by Crippen LogP contribution is 2.25. The van der Waals surface area contributed by atoms with Gasteiger partial charge < -0.3 is 14.1 Å². The Morgan fingerprint density at radius 3 is 2.57 bits per heavy atom. The van der Waals surface area contributed by atoms with Crippen LogP contribution < -0.4 is 4.90 Å². The van der Waals surface area contributed by atoms with Gasteiger partial charge in [0, 0.05) is 35.9 Å². The Labute approximate surface area is 133 Å². The molecule has 0 aliphatic rings. The Hall–Kier alpha value is -1.39. The molecule has 0 saturated heterocycles. The molecular weight excluding hydrogens is 313 g/mol. The summed E-state index contributed by atoms with van der Waals surface area (Å²) in [6, 6.07) is 7.42. The molecule has 4 nitrogen and oxygen atoms in total. The van der Waals surface area contributed by atoms with Crippen LogP contribution in [0.3, 0.4) is 0 Å². The molecule has 0 unspecified atom stereocenters. The summed E-state index contributed by atoms with van der Waals surface area (Å²) in [5.74, 6) is 0.807. The van der Waals surface area contributed by atoms with Crippen LogP contribution in [0.5, 0.6) is 0 Å². The van der Waals surface area contributed by atoms with Gasteiger partial charge in [-0.2, -0.15) is 0 Å². The van der Waals surface area contributed by atoms with Crippen molar-refractivity contribution in [2.45, 2.75) is 6.92 Å². The lowest BCUT2D eigenvalue weighted by molar-refractivity contribution is 0.0492. The van der Waals surface area contributed by atoms with Crippen molar-refractivity contribution in [2.24, 2.45) is 0 Å². The van der Waals surface area contributed by atoms with Gasteiger partial charge in [0.2, 0.25) is 5.76 Å². The number of hydrogen-bond acceptors (Lipinski definition) is 4. The number of halogens is 2. The molecule has 0 atom stereocenters. The second-order valence-electron chi connectivity index (χ2n) is 4.42. The summed E-state index contributed by atoms with van der Waals surface area (Å²) in [4.78, 5) is 13.8. The third kappa shape index (κ3) is 3.83. The fourth-order valence-corrected chi connectivity index (χ4v) is 2.51. The van der Waals surface area contributed by atoms with Crippen molar-refractivity contribution in [2.75, 3.05) is 36.4 Å². The highest BCUT2D eigenvalue weighted by Gasteiger charge is 2.14. The van der Waals surface area contributed by atoms with Crippen molar-refractivity contribution < 1.29 is 13.9 Å². The molecule has 21 heavy (non-hydrogen) atoms. The van der Waals surface area contributed by atoms with E-state index in [-0.39, 0.29) is 5.76 Å². The van der Waals surface area contributed by atoms with Crippen molar-refractivity contribution in [3.63, 3.8) is 0 Å². The lowest BCUT2D eigenvalue weighted by Crippen LogP contribution is -2.27. The third-order valence-electron chi connectivity index (χ3n) is 3.05. The Balaban J connectivity index is 2.30. The number of esters is 1. The summed E-state index contributed by atoms with van der Waals surface area (Å²) in [7, 11) is 0. The van der Waals surface area contributed by atoms with Crippen LogP contribution in [0.2, 0.25) is 0 Å². The molecule has 0 aliphatic heterocycles. The van der Waals surface area contributed by atoms with Gasteiger partial charge in [0.25, 0.3) is 0 Å². The molecule has 1 heterocycles. The monoisotopic (exact) mass is 329 g/mol. The number of anilines is 1. The molecule has 0 saturated carbocycles. The molecular formula is C15H17Cl2NO3. The predicted octanol–water partition coefficient (Wildman–Crippen LogP) is 3.89. The number of benzene rings is 1. The van der Waals surface area contributed by atoms with Gasteiger partial charge in [-0.25, -0.2) is 4.79 Å². The zero-order valence-electron chi connectivity index (χ0n) is 11.8. The summed E-state index contributed by atoms with van der Waals surface area (Å²) in [5, 5.41) is 0.852. The molecule has 1 aromatic carbocycles. The van der Waals surface area contributed by atoms with Crippen molar-refractivity contribution in [3.8, 4) is 0 Å². The maximum atomic E-state index is 11.7. The first-order valence-electron chi connectivity index (χ1n) is 6.77. The lowest BCUT2D eigenvalue weighted by Gasteiger charge is -2.22. The van der Waals surface area contributed by atoms with Gasteiger partial charge >= 0.3 is 5.97 Å². The number of fused-ring (bicyclic) bond motifs is 1. The first kappa shape index (κ1) is 16.0. The highest BCUT2D eigenvalue weighted by molar-refractivity contribution is 6.18. The minimum absolute atomic E-state index is 0.213. The van der Waals surface area contributed by atoms with Crippen LogP contribution >= 0.6 is 23.2 Å². The molecule has 114 valence electrons. The Bertz CT molecular complexity index is 606. The van der Waals surface area contributed by atoms with Crippen LogP contribution in [0.4, 0.5) is 5.69 Å². The number of carbonyl (C=O) groups is 1. The molecule has 2 aromatic rings. The first-order chi connectivity index (χ1) is 10.2. The van der Waals surface area contributed by atoms with E-state index >= 15 is 0 Å². The van der Waals surface area contributed by atoms with E-state index < -0.39 is 5.97 Å². The number of rotatable bonds is 7. The van der Waals surface area contributed by atoms with E-state index in [0.717, 1.165) is 11.1 Å². The summed E-state index contributed by atoms with van der Waals surface area (Å²) >= 11 is 11.6. The van der Waals surface area contributed by atoms with E-state index in [1.165, 1.54) is 0 Å². The van der Waals surface area contributed by atoms with Crippen molar-refractivity contribution in [1.29, 1.82) is 0 Å². The van der Waals surface area contributed by atoms with Gasteiger partial charge in [0.15, 0.2) is 0 Å². The van der Waals surface area contributed by atoms with Gasteiger partial charge in [-0.05, 0) is 31.2 Å². The molecule has 0 bridgehead atoms. The maximum Gasteiger partial charge on any atom is 0.374 e. The zero-order chi connectivity index (χ0) is 15.2. The average Bonchev–Trinajstić information content (AvgIpc) is 2.90. The normalized spacial score (nSPS) is 10.8. The second kappa shape index (κ2) is 7.57. The summed E-state index contributed by atoms with van der Waals surface area (Å²) < 4.78 is 10.4. The largest absolute Gasteiger partial charge is 0.460 e. The van der Waals surface area contributed by atoms with E-state index in [2.05, 4.69) is 4.90 Å². The van der Waals surface area contributed by atoms with Crippen LogP contribution in [0, 0.1) is 0 Å². The number of ether oxygens (including phenoxy) is 1. The summed E-state index contributed by atoms with van der Waals surface area (Å²) in [6.07, 6.45) is 0. The third-order valence-corrected chi connectivity index (χ3v) is 3.39. The van der Waals surface area contributed by atoms with Crippen molar-refractivity contribution in [1.82, 2.24) is 0 Å². The van der Waals surface area contributed by atoms with E-state index in [4.69, 9.17) is 32.4 Å². The summed E-state index contributed by atoms with van der Waals surface area (Å²) in [5.41, 5.74) is 1.65. The quantitative estimate of drug-likeness (QED) is 0.570. The SMILES string of the molecule is CCOC(=O)c1cc2cc(N(CCCl)CCCl)ccc2o1. The molecule has 0 N–H and O–H groups in total. The highest BCUT2D eigenvalue weighted by atomic mass is 35.5. The Kier molecular flexibility index (Phi) is 5.76. The molecule has 0 aliphatic carbocycles.